The Bertz CT molecular complexity index is 1720. The second-order valence-electron chi connectivity index (χ2n) is 8.84. The molecule has 2 heterocycles. The van der Waals surface area contributed by atoms with Crippen molar-refractivity contribution in [2.24, 2.45) is 4.99 Å². The van der Waals surface area contributed by atoms with Crippen molar-refractivity contribution in [2.45, 2.75) is 13.0 Å². The number of hydrogen-bond acceptors (Lipinski definition) is 6. The summed E-state index contributed by atoms with van der Waals surface area (Å²) < 4.78 is 13.0. The Kier molecular flexibility index (Phi) is 7.56. The molecular formula is C31H27N3O4S. The Morgan fingerprint density at radius 2 is 1.74 bits per heavy atom. The number of nitrogens with zero attached hydrogens (tertiary/aromatic N) is 2. The Balaban J connectivity index is 1.60. The first-order valence-electron chi connectivity index (χ1n) is 12.3. The number of ether oxygens (including phenoxy) is 2. The molecule has 1 atom stereocenters. The van der Waals surface area contributed by atoms with E-state index in [1.165, 1.54) is 11.3 Å². The Hall–Kier alpha value is -4.69. The minimum Gasteiger partial charge on any atom is -0.497 e. The zero-order chi connectivity index (χ0) is 27.4. The van der Waals surface area contributed by atoms with E-state index < -0.39 is 6.04 Å². The maximum atomic E-state index is 13.8. The van der Waals surface area contributed by atoms with Gasteiger partial charge in [0.05, 0.1) is 29.0 Å². The van der Waals surface area contributed by atoms with Gasteiger partial charge in [0.2, 0.25) is 0 Å². The molecule has 1 amide bonds. The molecule has 0 fully saturated rings. The summed E-state index contributed by atoms with van der Waals surface area (Å²) >= 11 is 1.30. The highest BCUT2D eigenvalue weighted by Crippen LogP contribution is 2.31. The molecular weight excluding hydrogens is 510 g/mol. The van der Waals surface area contributed by atoms with Crippen LogP contribution in [0.3, 0.4) is 0 Å². The molecule has 0 spiro atoms. The van der Waals surface area contributed by atoms with Gasteiger partial charge in [-0.25, -0.2) is 4.99 Å². The molecule has 196 valence electrons. The topological polar surface area (TPSA) is 81.9 Å². The molecule has 0 aliphatic carbocycles. The molecule has 5 rings (SSSR count). The highest BCUT2D eigenvalue weighted by Gasteiger charge is 2.32. The lowest BCUT2D eigenvalue weighted by molar-refractivity contribution is -0.113. The number of fused-ring (bicyclic) bond motifs is 1. The second kappa shape index (κ2) is 11.4. The largest absolute Gasteiger partial charge is 0.497 e. The number of aromatic nitrogens is 1. The van der Waals surface area contributed by atoms with Gasteiger partial charge in [0.15, 0.2) is 4.80 Å². The smallest absolute Gasteiger partial charge is 0.271 e. The van der Waals surface area contributed by atoms with Gasteiger partial charge in [0.1, 0.15) is 18.1 Å². The molecule has 7 nitrogen and oxygen atoms in total. The summed E-state index contributed by atoms with van der Waals surface area (Å²) in [5.41, 5.74) is 3.04. The van der Waals surface area contributed by atoms with Crippen molar-refractivity contribution in [3.63, 3.8) is 0 Å². The third-order valence-corrected chi connectivity index (χ3v) is 7.26. The normalized spacial score (nSPS) is 14.8. The number of carbonyl (C=O) groups excluding carboxylic acids is 1. The van der Waals surface area contributed by atoms with Gasteiger partial charge in [0, 0.05) is 5.69 Å². The van der Waals surface area contributed by atoms with E-state index in [0.29, 0.717) is 38.6 Å². The Labute approximate surface area is 229 Å². The summed E-state index contributed by atoms with van der Waals surface area (Å²) in [6.07, 6.45) is 3.51. The van der Waals surface area contributed by atoms with Gasteiger partial charge in [-0.15, -0.1) is 0 Å². The van der Waals surface area contributed by atoms with Crippen molar-refractivity contribution in [3.05, 3.63) is 134 Å². The van der Waals surface area contributed by atoms with Crippen molar-refractivity contribution >= 4 is 29.0 Å². The average molecular weight is 538 g/mol. The number of benzene rings is 3. The van der Waals surface area contributed by atoms with Crippen LogP contribution in [-0.2, 0) is 4.79 Å². The molecule has 0 bridgehead atoms. The summed E-state index contributed by atoms with van der Waals surface area (Å²) in [4.78, 5) is 32.7. The minimum absolute atomic E-state index is 0.218. The van der Waals surface area contributed by atoms with Gasteiger partial charge in [-0.05, 0) is 60.5 Å². The third-order valence-electron chi connectivity index (χ3n) is 6.28. The van der Waals surface area contributed by atoms with Crippen LogP contribution in [0.25, 0.3) is 6.08 Å². The molecule has 1 aromatic heterocycles. The fraction of sp³-hybridized carbons (Fsp3) is 0.129. The van der Waals surface area contributed by atoms with Crippen molar-refractivity contribution in [1.29, 1.82) is 0 Å². The number of methoxy groups -OCH3 is 1. The summed E-state index contributed by atoms with van der Waals surface area (Å²) in [6, 6.07) is 23.4. The number of amides is 1. The molecule has 0 radical (unpaired) electrons. The van der Waals surface area contributed by atoms with E-state index >= 15 is 0 Å². The first kappa shape index (κ1) is 25.9. The molecule has 0 unspecified atom stereocenters. The number of thiazole rings is 1. The van der Waals surface area contributed by atoms with Crippen LogP contribution in [0.5, 0.6) is 11.5 Å². The van der Waals surface area contributed by atoms with Crippen LogP contribution < -0.4 is 29.7 Å². The van der Waals surface area contributed by atoms with Crippen LogP contribution in [0.15, 0.2) is 113 Å². The first-order chi connectivity index (χ1) is 19.0. The van der Waals surface area contributed by atoms with Gasteiger partial charge in [-0.2, -0.15) is 0 Å². The third kappa shape index (κ3) is 5.46. The molecule has 0 saturated heterocycles. The van der Waals surface area contributed by atoms with Crippen LogP contribution in [0, 0.1) is 0 Å². The van der Waals surface area contributed by atoms with Crippen LogP contribution in [-0.4, -0.2) is 24.2 Å². The number of rotatable bonds is 8. The number of nitrogens with one attached hydrogen (secondary N) is 1. The fourth-order valence-corrected chi connectivity index (χ4v) is 5.45. The lowest BCUT2D eigenvalue weighted by atomic mass is 9.95. The van der Waals surface area contributed by atoms with Crippen molar-refractivity contribution in [3.8, 4) is 11.5 Å². The van der Waals surface area contributed by atoms with E-state index in [9.17, 15) is 9.59 Å². The predicted octanol–water partition coefficient (Wildman–Crippen LogP) is 4.45. The van der Waals surface area contributed by atoms with Crippen LogP contribution in [0.1, 0.15) is 24.1 Å². The second-order valence-corrected chi connectivity index (χ2v) is 9.85. The lowest BCUT2D eigenvalue weighted by Crippen LogP contribution is -2.40. The van der Waals surface area contributed by atoms with Crippen LogP contribution in [0.2, 0.25) is 0 Å². The van der Waals surface area contributed by atoms with Gasteiger partial charge in [-0.3, -0.25) is 14.2 Å². The summed E-state index contributed by atoms with van der Waals surface area (Å²) in [5.74, 6) is 1.09. The van der Waals surface area contributed by atoms with Crippen molar-refractivity contribution in [1.82, 2.24) is 4.57 Å². The fourth-order valence-electron chi connectivity index (χ4n) is 4.40. The SMILES string of the molecule is C=CCOc1ccc(/C=c2/sc3n(c2=O)[C@@H](c2ccc(OC)cc2)C(C(=O)Nc2ccccc2)=C(C)N=3)cc1. The molecule has 4 aromatic rings. The Morgan fingerprint density at radius 3 is 2.41 bits per heavy atom. The van der Waals surface area contributed by atoms with Gasteiger partial charge in [-0.1, -0.05) is 66.5 Å². The highest BCUT2D eigenvalue weighted by atomic mass is 32.1. The maximum Gasteiger partial charge on any atom is 0.271 e. The molecule has 1 aliphatic rings. The van der Waals surface area contributed by atoms with E-state index in [1.54, 1.807) is 24.7 Å². The Morgan fingerprint density at radius 1 is 1.05 bits per heavy atom. The molecule has 1 N–H and O–H groups in total. The van der Waals surface area contributed by atoms with Crippen LogP contribution in [0.4, 0.5) is 5.69 Å². The van der Waals surface area contributed by atoms with E-state index in [1.807, 2.05) is 84.9 Å². The van der Waals surface area contributed by atoms with Gasteiger partial charge >= 0.3 is 0 Å². The van der Waals surface area contributed by atoms with Crippen LogP contribution >= 0.6 is 11.3 Å². The van der Waals surface area contributed by atoms with E-state index in [-0.39, 0.29) is 11.5 Å². The summed E-state index contributed by atoms with van der Waals surface area (Å²) in [6.45, 7) is 5.88. The molecule has 39 heavy (non-hydrogen) atoms. The molecule has 8 heteroatoms. The standard InChI is InChI=1S/C31H27N3O4S/c1-4-18-38-25-14-10-21(11-15-25)19-26-30(36)34-28(22-12-16-24(37-3)17-13-22)27(20(2)32-31(34)39-26)29(35)33-23-8-6-5-7-9-23/h4-17,19,28H,1,18H2,2-3H3,(H,33,35)/b26-19+/t28-/m0/s1. The minimum atomic E-state index is -0.660. The molecule has 0 saturated carbocycles. The predicted molar refractivity (Wildman–Crippen MR) is 154 cm³/mol. The lowest BCUT2D eigenvalue weighted by Gasteiger charge is -2.25. The quantitative estimate of drug-likeness (QED) is 0.337. The van der Waals surface area contributed by atoms with E-state index in [0.717, 1.165) is 16.9 Å². The molecule has 1 aliphatic heterocycles. The van der Waals surface area contributed by atoms with E-state index in [4.69, 9.17) is 14.5 Å². The van der Waals surface area contributed by atoms with Gasteiger partial charge < -0.3 is 14.8 Å². The number of anilines is 1. The number of carbonyl (C=O) groups is 1. The van der Waals surface area contributed by atoms with Crippen molar-refractivity contribution < 1.29 is 14.3 Å². The average Bonchev–Trinajstić information content (AvgIpc) is 3.26. The number of hydrogen-bond donors (Lipinski definition) is 1. The number of para-hydroxylation sites is 1. The van der Waals surface area contributed by atoms with E-state index in [2.05, 4.69) is 11.9 Å². The maximum absolute atomic E-state index is 13.8. The molecule has 3 aromatic carbocycles. The van der Waals surface area contributed by atoms with Gasteiger partial charge in [0.25, 0.3) is 11.5 Å². The summed E-state index contributed by atoms with van der Waals surface area (Å²) in [7, 11) is 1.60. The first-order valence-corrected chi connectivity index (χ1v) is 13.2. The zero-order valence-corrected chi connectivity index (χ0v) is 22.4. The monoisotopic (exact) mass is 537 g/mol. The van der Waals surface area contributed by atoms with Crippen molar-refractivity contribution in [2.75, 3.05) is 19.0 Å². The zero-order valence-electron chi connectivity index (χ0n) is 21.6. The summed E-state index contributed by atoms with van der Waals surface area (Å²) in [5, 5.41) is 2.96. The number of allylic oxidation sites excluding steroid dienone is 1. The highest BCUT2D eigenvalue weighted by molar-refractivity contribution is 7.07.